The van der Waals surface area contributed by atoms with Crippen LogP contribution in [0.4, 0.5) is 23.2 Å². The third-order valence-corrected chi connectivity index (χ3v) is 5.66. The van der Waals surface area contributed by atoms with E-state index in [4.69, 9.17) is 5.73 Å². The van der Waals surface area contributed by atoms with Crippen molar-refractivity contribution >= 4 is 34.3 Å². The SMILES string of the molecule is Cc1cc2c(C(N)=O)nn(CC(=O)N[C@@H](CC3CC3)C(=O)Nc3cccc(OC(F)(F)F)c3F)c2cn1. The Bertz CT molecular complexity index is 1370. The summed E-state index contributed by atoms with van der Waals surface area (Å²) in [6.45, 7) is 1.33. The van der Waals surface area contributed by atoms with Crippen molar-refractivity contribution < 1.29 is 36.7 Å². The van der Waals surface area contributed by atoms with Gasteiger partial charge in [-0.3, -0.25) is 24.0 Å². The Balaban J connectivity index is 1.50. The first-order valence-electron chi connectivity index (χ1n) is 11.2. The van der Waals surface area contributed by atoms with Crippen LogP contribution in [-0.2, 0) is 16.1 Å². The molecule has 2 aromatic heterocycles. The zero-order valence-corrected chi connectivity index (χ0v) is 19.4. The summed E-state index contributed by atoms with van der Waals surface area (Å²) in [6, 6.07) is 3.42. The van der Waals surface area contributed by atoms with Crippen LogP contribution in [0, 0.1) is 18.7 Å². The molecule has 1 aliphatic rings. The first-order chi connectivity index (χ1) is 17.4. The third-order valence-electron chi connectivity index (χ3n) is 5.66. The Kier molecular flexibility index (Phi) is 7.01. The topological polar surface area (TPSA) is 141 Å². The summed E-state index contributed by atoms with van der Waals surface area (Å²) in [5, 5.41) is 9.30. The number of aryl methyl sites for hydroxylation is 1. The Labute approximate surface area is 207 Å². The molecular formula is C23H22F4N6O4. The number of anilines is 1. The standard InChI is InChI=1S/C23H22F4N6O4/c1-11-7-13-16(9-29-11)33(32-20(13)21(28)35)10-18(34)30-15(8-12-5-6-12)22(36)31-14-3-2-4-17(19(14)24)37-23(25,26)27/h2-4,7,9,12,15H,5-6,8,10H2,1H3,(H2,28,35)(H,30,34)(H,31,36)/t15-/m0/s1. The highest BCUT2D eigenvalue weighted by Crippen LogP contribution is 2.34. The number of primary amides is 1. The van der Waals surface area contributed by atoms with Crippen LogP contribution in [0.25, 0.3) is 10.9 Å². The molecular weight excluding hydrogens is 500 g/mol. The quantitative estimate of drug-likeness (QED) is 0.369. The van der Waals surface area contributed by atoms with Gasteiger partial charge in [-0.05, 0) is 37.5 Å². The summed E-state index contributed by atoms with van der Waals surface area (Å²) in [7, 11) is 0. The average Bonchev–Trinajstić information content (AvgIpc) is 3.55. The van der Waals surface area contributed by atoms with Gasteiger partial charge >= 0.3 is 6.36 Å². The van der Waals surface area contributed by atoms with Crippen LogP contribution < -0.4 is 21.1 Å². The van der Waals surface area contributed by atoms with Crippen LogP contribution in [-0.4, -0.2) is 44.9 Å². The van der Waals surface area contributed by atoms with E-state index in [9.17, 15) is 31.9 Å². The molecule has 3 amide bonds. The van der Waals surface area contributed by atoms with Crippen LogP contribution in [0.3, 0.4) is 0 Å². The fourth-order valence-corrected chi connectivity index (χ4v) is 3.80. The Morgan fingerprint density at radius 2 is 2.00 bits per heavy atom. The van der Waals surface area contributed by atoms with Crippen molar-refractivity contribution in [2.75, 3.05) is 5.32 Å². The van der Waals surface area contributed by atoms with E-state index in [1.165, 1.54) is 10.9 Å². The van der Waals surface area contributed by atoms with Crippen molar-refractivity contribution in [1.82, 2.24) is 20.1 Å². The van der Waals surface area contributed by atoms with Crippen molar-refractivity contribution in [3.05, 3.63) is 47.7 Å². The van der Waals surface area contributed by atoms with Crippen LogP contribution in [0.15, 0.2) is 30.5 Å². The molecule has 2 heterocycles. The third kappa shape index (κ3) is 6.32. The second kappa shape index (κ2) is 10.0. The van der Waals surface area contributed by atoms with Crippen molar-refractivity contribution in [3.63, 3.8) is 0 Å². The molecule has 0 bridgehead atoms. The molecule has 0 spiro atoms. The number of carbonyl (C=O) groups is 3. The molecule has 0 saturated heterocycles. The van der Waals surface area contributed by atoms with Gasteiger partial charge in [0.15, 0.2) is 17.3 Å². The molecule has 1 saturated carbocycles. The smallest absolute Gasteiger partial charge is 0.403 e. The van der Waals surface area contributed by atoms with E-state index in [0.717, 1.165) is 31.0 Å². The Hall–Kier alpha value is -4.23. The van der Waals surface area contributed by atoms with E-state index in [-0.39, 0.29) is 24.6 Å². The van der Waals surface area contributed by atoms with E-state index in [2.05, 4.69) is 25.5 Å². The van der Waals surface area contributed by atoms with Gasteiger partial charge < -0.3 is 21.1 Å². The lowest BCUT2D eigenvalue weighted by atomic mass is 10.1. The summed E-state index contributed by atoms with van der Waals surface area (Å²) < 4.78 is 56.9. The second-order valence-electron chi connectivity index (χ2n) is 8.67. The number of ether oxygens (including phenoxy) is 1. The van der Waals surface area contributed by atoms with E-state index in [1.54, 1.807) is 13.0 Å². The monoisotopic (exact) mass is 522 g/mol. The number of rotatable bonds is 9. The number of benzene rings is 1. The predicted molar refractivity (Wildman–Crippen MR) is 122 cm³/mol. The molecule has 37 heavy (non-hydrogen) atoms. The predicted octanol–water partition coefficient (Wildman–Crippen LogP) is 2.80. The minimum atomic E-state index is -5.12. The molecule has 1 fully saturated rings. The van der Waals surface area contributed by atoms with Gasteiger partial charge in [-0.1, -0.05) is 18.9 Å². The maximum absolute atomic E-state index is 14.5. The fourth-order valence-electron chi connectivity index (χ4n) is 3.80. The van der Waals surface area contributed by atoms with Crippen LogP contribution in [0.1, 0.15) is 35.4 Å². The van der Waals surface area contributed by atoms with Crippen molar-refractivity contribution in [2.24, 2.45) is 11.7 Å². The minimum absolute atomic E-state index is 0.0444. The molecule has 4 rings (SSSR count). The van der Waals surface area contributed by atoms with Crippen molar-refractivity contribution in [3.8, 4) is 5.75 Å². The van der Waals surface area contributed by atoms with E-state index >= 15 is 0 Å². The first kappa shape index (κ1) is 25.9. The highest BCUT2D eigenvalue weighted by molar-refractivity contribution is 6.04. The Morgan fingerprint density at radius 3 is 2.65 bits per heavy atom. The minimum Gasteiger partial charge on any atom is -0.403 e. The summed E-state index contributed by atoms with van der Waals surface area (Å²) in [4.78, 5) is 41.7. The number of amides is 3. The zero-order chi connectivity index (χ0) is 26.9. The van der Waals surface area contributed by atoms with E-state index < -0.39 is 47.4 Å². The highest BCUT2D eigenvalue weighted by atomic mass is 19.4. The molecule has 1 aromatic carbocycles. The summed E-state index contributed by atoms with van der Waals surface area (Å²) in [5.41, 5.74) is 5.80. The number of hydrogen-bond donors (Lipinski definition) is 3. The van der Waals surface area contributed by atoms with Crippen molar-refractivity contribution in [2.45, 2.75) is 45.1 Å². The molecule has 4 N–H and O–H groups in total. The lowest BCUT2D eigenvalue weighted by Crippen LogP contribution is -2.45. The van der Waals surface area contributed by atoms with Gasteiger partial charge in [0.25, 0.3) is 5.91 Å². The average molecular weight is 522 g/mol. The molecule has 0 unspecified atom stereocenters. The molecule has 10 nitrogen and oxygen atoms in total. The lowest BCUT2D eigenvalue weighted by molar-refractivity contribution is -0.275. The molecule has 1 aliphatic carbocycles. The van der Waals surface area contributed by atoms with Crippen LogP contribution in [0.5, 0.6) is 5.75 Å². The maximum atomic E-state index is 14.5. The van der Waals surface area contributed by atoms with Gasteiger partial charge in [0.2, 0.25) is 11.8 Å². The number of nitrogens with zero attached hydrogens (tertiary/aromatic N) is 3. The zero-order valence-electron chi connectivity index (χ0n) is 19.4. The second-order valence-corrected chi connectivity index (χ2v) is 8.67. The van der Waals surface area contributed by atoms with Gasteiger partial charge in [0, 0.05) is 11.1 Å². The summed E-state index contributed by atoms with van der Waals surface area (Å²) in [6.07, 6.45) is -1.78. The molecule has 0 radical (unpaired) electrons. The number of fused-ring (bicyclic) bond motifs is 1. The van der Waals surface area contributed by atoms with Crippen molar-refractivity contribution in [1.29, 1.82) is 0 Å². The van der Waals surface area contributed by atoms with Gasteiger partial charge in [0.05, 0.1) is 17.4 Å². The number of alkyl halides is 3. The molecule has 0 aliphatic heterocycles. The number of carbonyl (C=O) groups excluding carboxylic acids is 3. The Morgan fingerprint density at radius 1 is 1.27 bits per heavy atom. The molecule has 14 heteroatoms. The summed E-state index contributed by atoms with van der Waals surface area (Å²) >= 11 is 0. The van der Waals surface area contributed by atoms with E-state index in [1.807, 2.05) is 0 Å². The number of nitrogens with two attached hydrogens (primary N) is 1. The lowest BCUT2D eigenvalue weighted by Gasteiger charge is -2.19. The number of aromatic nitrogens is 3. The molecule has 3 aromatic rings. The molecule has 196 valence electrons. The number of hydrogen-bond acceptors (Lipinski definition) is 6. The maximum Gasteiger partial charge on any atom is 0.573 e. The fraction of sp³-hybridized carbons (Fsp3) is 0.348. The van der Waals surface area contributed by atoms with E-state index in [0.29, 0.717) is 16.6 Å². The van der Waals surface area contributed by atoms with Gasteiger partial charge in [-0.15, -0.1) is 13.2 Å². The van der Waals surface area contributed by atoms with Gasteiger partial charge in [-0.2, -0.15) is 5.10 Å². The highest BCUT2D eigenvalue weighted by Gasteiger charge is 2.34. The van der Waals surface area contributed by atoms with Gasteiger partial charge in [-0.25, -0.2) is 4.39 Å². The van der Waals surface area contributed by atoms with Crippen LogP contribution in [0.2, 0.25) is 0 Å². The first-order valence-corrected chi connectivity index (χ1v) is 11.2. The van der Waals surface area contributed by atoms with Crippen LogP contribution >= 0.6 is 0 Å². The van der Waals surface area contributed by atoms with Gasteiger partial charge in [0.1, 0.15) is 12.6 Å². The number of halogens is 4. The molecule has 1 atom stereocenters. The largest absolute Gasteiger partial charge is 0.573 e. The number of pyridine rings is 1. The normalized spacial score (nSPS) is 14.3. The number of nitrogens with one attached hydrogen (secondary N) is 2. The summed E-state index contributed by atoms with van der Waals surface area (Å²) in [5.74, 6) is -4.61.